The van der Waals surface area contributed by atoms with Crippen LogP contribution in [0, 0.1) is 0 Å². The molecule has 1 N–H and O–H groups in total. The van der Waals surface area contributed by atoms with Crippen molar-refractivity contribution in [1.82, 2.24) is 39.5 Å². The minimum absolute atomic E-state index is 0.0172. The number of esters is 1. The summed E-state index contributed by atoms with van der Waals surface area (Å²) in [5.74, 6) is 0.377. The molecule has 0 aliphatic carbocycles. The summed E-state index contributed by atoms with van der Waals surface area (Å²) >= 11 is 0. The molecule has 4 heterocycles. The number of rotatable bonds is 8. The Hall–Kier alpha value is -5.54. The van der Waals surface area contributed by atoms with Crippen LogP contribution >= 0.6 is 0 Å². The third kappa shape index (κ3) is 5.61. The lowest BCUT2D eigenvalue weighted by Gasteiger charge is -2.14. The number of ether oxygens (including phenoxy) is 3. The Morgan fingerprint density at radius 1 is 0.951 bits per heavy atom. The molecule has 13 nitrogen and oxygen atoms in total. The van der Waals surface area contributed by atoms with E-state index in [2.05, 4.69) is 35.5 Å². The van der Waals surface area contributed by atoms with Crippen LogP contribution in [0.25, 0.3) is 22.8 Å². The molecular weight excluding hydrogens is 547 g/mol. The van der Waals surface area contributed by atoms with Crippen molar-refractivity contribution < 1.29 is 32.2 Å². The first kappa shape index (κ1) is 27.0. The molecule has 0 aliphatic rings. The van der Waals surface area contributed by atoms with Crippen molar-refractivity contribution >= 4 is 17.6 Å². The van der Waals surface area contributed by atoms with E-state index in [1.807, 2.05) is 0 Å². The minimum Gasteiger partial charge on any atom is -0.497 e. The molecular formula is C25H20F3N9O4. The van der Waals surface area contributed by atoms with Gasteiger partial charge in [0.25, 0.3) is 0 Å². The molecule has 41 heavy (non-hydrogen) atoms. The molecule has 0 radical (unpaired) electrons. The molecule has 0 amide bonds. The molecule has 5 aromatic rings. The molecule has 5 rings (SSSR count). The zero-order valence-corrected chi connectivity index (χ0v) is 21.6. The Morgan fingerprint density at radius 2 is 1.71 bits per heavy atom. The first-order valence-electron chi connectivity index (χ1n) is 11.6. The van der Waals surface area contributed by atoms with Crippen LogP contribution in [0.5, 0.6) is 11.5 Å². The molecule has 0 atom stereocenters. The Kier molecular flexibility index (Phi) is 7.20. The number of carbonyl (C=O) groups is 1. The number of methoxy groups -OCH3 is 3. The third-order valence-electron chi connectivity index (χ3n) is 5.69. The van der Waals surface area contributed by atoms with Gasteiger partial charge in [0.2, 0.25) is 5.95 Å². The Labute approximate surface area is 229 Å². The number of benzene rings is 1. The standard InChI is InChI=1S/C25H20F3N9O4/c1-39-16-7-15(8-17(9-16)40-2)33-24-31-11-19(22(34-24)36-5-4-20(35-36)25(26,27)28)14-6-18(23(38)41-3)21(30-10-14)37-13-29-12-32-37/h4-13H,1-3H3,(H,31,33,34). The number of alkyl halides is 3. The lowest BCUT2D eigenvalue weighted by molar-refractivity contribution is -0.141. The number of hydrogen-bond donors (Lipinski definition) is 1. The topological polar surface area (TPSA) is 144 Å². The van der Waals surface area contributed by atoms with E-state index < -0.39 is 17.8 Å². The van der Waals surface area contributed by atoms with Gasteiger partial charge in [-0.05, 0) is 12.1 Å². The van der Waals surface area contributed by atoms with Gasteiger partial charge in [0.1, 0.15) is 29.7 Å². The summed E-state index contributed by atoms with van der Waals surface area (Å²) in [5.41, 5.74) is -0.0999. The average Bonchev–Trinajstić information content (AvgIpc) is 3.69. The summed E-state index contributed by atoms with van der Waals surface area (Å²) < 4.78 is 57.9. The van der Waals surface area contributed by atoms with Crippen molar-refractivity contribution in [2.24, 2.45) is 0 Å². The van der Waals surface area contributed by atoms with Gasteiger partial charge in [-0.15, -0.1) is 0 Å². The predicted octanol–water partition coefficient (Wildman–Crippen LogP) is 3.87. The summed E-state index contributed by atoms with van der Waals surface area (Å²) in [6.07, 6.45) is 1.80. The second-order valence-corrected chi connectivity index (χ2v) is 8.23. The van der Waals surface area contributed by atoms with Gasteiger partial charge in [0, 0.05) is 53.6 Å². The maximum absolute atomic E-state index is 13.4. The zero-order valence-electron chi connectivity index (χ0n) is 21.6. The largest absolute Gasteiger partial charge is 0.497 e. The van der Waals surface area contributed by atoms with Gasteiger partial charge in [-0.25, -0.2) is 29.1 Å². The van der Waals surface area contributed by atoms with E-state index in [9.17, 15) is 18.0 Å². The number of carbonyl (C=O) groups excluding carboxylic acids is 1. The van der Waals surface area contributed by atoms with Crippen molar-refractivity contribution in [2.45, 2.75) is 6.18 Å². The predicted molar refractivity (Wildman–Crippen MR) is 136 cm³/mol. The molecule has 0 saturated heterocycles. The van der Waals surface area contributed by atoms with Gasteiger partial charge in [-0.3, -0.25) is 0 Å². The lowest BCUT2D eigenvalue weighted by Crippen LogP contribution is -2.12. The minimum atomic E-state index is -4.68. The van der Waals surface area contributed by atoms with E-state index in [-0.39, 0.29) is 28.7 Å². The van der Waals surface area contributed by atoms with Crippen molar-refractivity contribution in [3.05, 3.63) is 72.8 Å². The molecule has 210 valence electrons. The van der Waals surface area contributed by atoms with Gasteiger partial charge in [-0.2, -0.15) is 28.4 Å². The summed E-state index contributed by atoms with van der Waals surface area (Å²) in [6.45, 7) is 0. The van der Waals surface area contributed by atoms with E-state index in [1.54, 1.807) is 18.2 Å². The van der Waals surface area contributed by atoms with Crippen molar-refractivity contribution in [1.29, 1.82) is 0 Å². The lowest BCUT2D eigenvalue weighted by atomic mass is 10.1. The smallest absolute Gasteiger partial charge is 0.435 e. The first-order chi connectivity index (χ1) is 19.7. The maximum Gasteiger partial charge on any atom is 0.435 e. The number of aromatic nitrogens is 8. The fourth-order valence-electron chi connectivity index (χ4n) is 3.78. The van der Waals surface area contributed by atoms with Gasteiger partial charge in [0.15, 0.2) is 17.3 Å². The van der Waals surface area contributed by atoms with E-state index in [1.165, 1.54) is 57.1 Å². The molecule has 4 aromatic heterocycles. The van der Waals surface area contributed by atoms with Gasteiger partial charge in [-0.1, -0.05) is 0 Å². The summed E-state index contributed by atoms with van der Waals surface area (Å²) in [6, 6.07) is 7.23. The van der Waals surface area contributed by atoms with Gasteiger partial charge >= 0.3 is 12.1 Å². The molecule has 16 heteroatoms. The summed E-state index contributed by atoms with van der Waals surface area (Å²) in [7, 11) is 4.18. The van der Waals surface area contributed by atoms with E-state index in [0.717, 1.165) is 16.9 Å². The van der Waals surface area contributed by atoms with E-state index in [0.29, 0.717) is 22.7 Å². The molecule has 0 saturated carbocycles. The number of hydrogen-bond acceptors (Lipinski definition) is 11. The SMILES string of the molecule is COC(=O)c1cc(-c2cnc(Nc3cc(OC)cc(OC)c3)nc2-n2ccc(C(F)(F)F)n2)cnc1-n1cncn1. The average molecular weight is 567 g/mol. The van der Waals surface area contributed by atoms with E-state index >= 15 is 0 Å². The summed E-state index contributed by atoms with van der Waals surface area (Å²) in [4.78, 5) is 29.6. The van der Waals surface area contributed by atoms with Gasteiger partial charge < -0.3 is 19.5 Å². The zero-order chi connectivity index (χ0) is 29.1. The highest BCUT2D eigenvalue weighted by atomic mass is 19.4. The van der Waals surface area contributed by atoms with Crippen LogP contribution in [0.1, 0.15) is 16.1 Å². The number of nitrogens with zero attached hydrogens (tertiary/aromatic N) is 8. The Bertz CT molecular complexity index is 1680. The molecule has 0 bridgehead atoms. The van der Waals surface area contributed by atoms with Crippen molar-refractivity contribution in [3.8, 4) is 34.3 Å². The molecule has 0 unspecified atom stereocenters. The highest BCUT2D eigenvalue weighted by Crippen LogP contribution is 2.32. The highest BCUT2D eigenvalue weighted by Gasteiger charge is 2.34. The Balaban J connectivity index is 1.64. The van der Waals surface area contributed by atoms with Crippen molar-refractivity contribution in [2.75, 3.05) is 26.6 Å². The van der Waals surface area contributed by atoms with Crippen molar-refractivity contribution in [3.63, 3.8) is 0 Å². The Morgan fingerprint density at radius 3 is 2.32 bits per heavy atom. The number of pyridine rings is 1. The summed E-state index contributed by atoms with van der Waals surface area (Å²) in [5, 5.41) is 10.7. The number of nitrogens with one attached hydrogen (secondary N) is 1. The molecule has 0 spiro atoms. The van der Waals surface area contributed by atoms with Crippen LogP contribution in [0.3, 0.4) is 0 Å². The van der Waals surface area contributed by atoms with Crippen LogP contribution < -0.4 is 14.8 Å². The highest BCUT2D eigenvalue weighted by molar-refractivity contribution is 5.94. The monoisotopic (exact) mass is 567 g/mol. The first-order valence-corrected chi connectivity index (χ1v) is 11.6. The fraction of sp³-hybridized carbons (Fsp3) is 0.160. The molecule has 1 aromatic carbocycles. The molecule has 0 fully saturated rings. The van der Waals surface area contributed by atoms with E-state index in [4.69, 9.17) is 14.2 Å². The quantitative estimate of drug-likeness (QED) is 0.273. The number of anilines is 2. The van der Waals surface area contributed by atoms with Crippen LogP contribution in [-0.2, 0) is 10.9 Å². The second kappa shape index (κ2) is 10.9. The van der Waals surface area contributed by atoms with Crippen LogP contribution in [0.2, 0.25) is 0 Å². The van der Waals surface area contributed by atoms with Crippen LogP contribution in [-0.4, -0.2) is 66.8 Å². The van der Waals surface area contributed by atoms with Crippen LogP contribution in [0.4, 0.5) is 24.8 Å². The molecule has 0 aliphatic heterocycles. The maximum atomic E-state index is 13.4. The van der Waals surface area contributed by atoms with Gasteiger partial charge in [0.05, 0.1) is 21.3 Å². The number of halogens is 3. The normalized spacial score (nSPS) is 11.3. The van der Waals surface area contributed by atoms with Crippen LogP contribution in [0.15, 0.2) is 61.6 Å². The third-order valence-corrected chi connectivity index (χ3v) is 5.69. The second-order valence-electron chi connectivity index (χ2n) is 8.23. The fourth-order valence-corrected chi connectivity index (χ4v) is 3.78.